The highest BCUT2D eigenvalue weighted by Gasteiger charge is 2.38. The van der Waals surface area contributed by atoms with Crippen molar-refractivity contribution in [1.82, 2.24) is 4.98 Å². The molecule has 1 saturated heterocycles. The van der Waals surface area contributed by atoms with E-state index in [1.165, 1.54) is 12.1 Å². The summed E-state index contributed by atoms with van der Waals surface area (Å²) in [7, 11) is 0. The number of nitrogens with zero attached hydrogens (tertiary/aromatic N) is 2. The van der Waals surface area contributed by atoms with Gasteiger partial charge in [-0.3, -0.25) is 4.98 Å². The van der Waals surface area contributed by atoms with E-state index in [-0.39, 0.29) is 10.9 Å². The Labute approximate surface area is 136 Å². The van der Waals surface area contributed by atoms with Gasteiger partial charge in [-0.15, -0.1) is 0 Å². The van der Waals surface area contributed by atoms with E-state index in [1.807, 2.05) is 4.90 Å². The van der Waals surface area contributed by atoms with Crippen molar-refractivity contribution in [3.05, 3.63) is 35.5 Å². The van der Waals surface area contributed by atoms with Crippen LogP contribution in [-0.4, -0.2) is 29.1 Å². The van der Waals surface area contributed by atoms with Crippen molar-refractivity contribution in [2.45, 2.75) is 25.9 Å². The van der Waals surface area contributed by atoms with Crippen LogP contribution in [0.3, 0.4) is 0 Å². The predicted molar refractivity (Wildman–Crippen MR) is 84.3 cm³/mol. The molecule has 24 heavy (non-hydrogen) atoms. The molecule has 0 aliphatic carbocycles. The van der Waals surface area contributed by atoms with Crippen LogP contribution in [0.5, 0.6) is 0 Å². The molecule has 1 aliphatic rings. The van der Waals surface area contributed by atoms with Gasteiger partial charge in [-0.2, -0.15) is 13.2 Å². The molecule has 0 unspecified atom stereocenters. The monoisotopic (exact) mass is 338 g/mol. The van der Waals surface area contributed by atoms with Gasteiger partial charge in [0.1, 0.15) is 0 Å². The number of fused-ring (bicyclic) bond motifs is 1. The Morgan fingerprint density at radius 1 is 1.29 bits per heavy atom. The van der Waals surface area contributed by atoms with Crippen molar-refractivity contribution in [3.8, 4) is 0 Å². The Hall–Kier alpha value is -2.31. The van der Waals surface area contributed by atoms with Gasteiger partial charge in [0, 0.05) is 30.4 Å². The van der Waals surface area contributed by atoms with Gasteiger partial charge in [0.2, 0.25) is 0 Å². The summed E-state index contributed by atoms with van der Waals surface area (Å²) in [5.41, 5.74) is -1.14. The van der Waals surface area contributed by atoms with E-state index in [0.29, 0.717) is 11.6 Å². The van der Waals surface area contributed by atoms with E-state index in [9.17, 15) is 18.0 Å². The summed E-state index contributed by atoms with van der Waals surface area (Å²) in [6, 6.07) is 4.67. The summed E-state index contributed by atoms with van der Waals surface area (Å²) in [6.45, 7) is 3.71. The molecule has 1 N–H and O–H groups in total. The second-order valence-electron chi connectivity index (χ2n) is 6.22. The van der Waals surface area contributed by atoms with Crippen LogP contribution in [0.4, 0.5) is 18.9 Å². The van der Waals surface area contributed by atoms with Crippen LogP contribution in [-0.2, 0) is 6.18 Å². The van der Waals surface area contributed by atoms with E-state index in [2.05, 4.69) is 11.9 Å². The number of rotatable bonds is 2. The fraction of sp³-hybridized carbons (Fsp3) is 0.412. The van der Waals surface area contributed by atoms with Gasteiger partial charge in [0.25, 0.3) is 0 Å². The normalized spacial score (nSPS) is 16.6. The molecule has 0 bridgehead atoms. The Bertz CT molecular complexity index is 781. The van der Waals surface area contributed by atoms with Crippen LogP contribution >= 0.6 is 0 Å². The lowest BCUT2D eigenvalue weighted by atomic mass is 9.98. The summed E-state index contributed by atoms with van der Waals surface area (Å²) in [5.74, 6) is -1.03. The lowest BCUT2D eigenvalue weighted by molar-refractivity contribution is -0.136. The molecule has 4 nitrogen and oxygen atoms in total. The summed E-state index contributed by atoms with van der Waals surface area (Å²) in [6.07, 6.45) is -2.02. The fourth-order valence-electron chi connectivity index (χ4n) is 3.11. The minimum Gasteiger partial charge on any atom is -0.478 e. The van der Waals surface area contributed by atoms with Crippen LogP contribution in [0.1, 0.15) is 35.7 Å². The molecular formula is C17H17F3N2O2. The zero-order valence-corrected chi connectivity index (χ0v) is 13.1. The highest BCUT2D eigenvalue weighted by atomic mass is 19.4. The average molecular weight is 338 g/mol. The smallest absolute Gasteiger partial charge is 0.417 e. The molecule has 0 spiro atoms. The SMILES string of the molecule is CC1CCN(c2ccc3ncc(C(=O)O)c(C(F)(F)F)c3c2)CC1. The molecule has 0 amide bonds. The molecule has 2 aromatic rings. The number of anilines is 1. The lowest BCUT2D eigenvalue weighted by Gasteiger charge is -2.32. The molecule has 0 saturated carbocycles. The number of benzene rings is 1. The molecule has 0 atom stereocenters. The van der Waals surface area contributed by atoms with Crippen LogP contribution in [0, 0.1) is 5.92 Å². The number of piperidine rings is 1. The van der Waals surface area contributed by atoms with Crippen LogP contribution in [0.25, 0.3) is 10.9 Å². The maximum absolute atomic E-state index is 13.5. The molecule has 128 valence electrons. The van der Waals surface area contributed by atoms with Crippen molar-refractivity contribution in [2.75, 3.05) is 18.0 Å². The highest BCUT2D eigenvalue weighted by molar-refractivity contribution is 5.97. The summed E-state index contributed by atoms with van der Waals surface area (Å²) >= 11 is 0. The van der Waals surface area contributed by atoms with Crippen molar-refractivity contribution in [3.63, 3.8) is 0 Å². The number of pyridine rings is 1. The van der Waals surface area contributed by atoms with E-state index >= 15 is 0 Å². The predicted octanol–water partition coefficient (Wildman–Crippen LogP) is 4.19. The number of alkyl halides is 3. The van der Waals surface area contributed by atoms with Gasteiger partial charge in [0.15, 0.2) is 0 Å². The van der Waals surface area contributed by atoms with E-state index in [1.54, 1.807) is 6.07 Å². The Morgan fingerprint density at radius 3 is 2.54 bits per heavy atom. The lowest BCUT2D eigenvalue weighted by Crippen LogP contribution is -2.32. The maximum Gasteiger partial charge on any atom is 0.417 e. The maximum atomic E-state index is 13.5. The third-order valence-corrected chi connectivity index (χ3v) is 4.51. The molecule has 2 heterocycles. The van der Waals surface area contributed by atoms with Gasteiger partial charge >= 0.3 is 12.1 Å². The zero-order chi connectivity index (χ0) is 17.5. The van der Waals surface area contributed by atoms with E-state index in [0.717, 1.165) is 32.1 Å². The second-order valence-corrected chi connectivity index (χ2v) is 6.22. The minimum absolute atomic E-state index is 0.140. The second kappa shape index (κ2) is 5.96. The van der Waals surface area contributed by atoms with Gasteiger partial charge in [-0.05, 0) is 37.0 Å². The van der Waals surface area contributed by atoms with E-state index < -0.39 is 23.3 Å². The number of hydrogen-bond donors (Lipinski definition) is 1. The van der Waals surface area contributed by atoms with Crippen molar-refractivity contribution in [2.24, 2.45) is 5.92 Å². The number of hydrogen-bond acceptors (Lipinski definition) is 3. The standard InChI is InChI=1S/C17H17F3N2O2/c1-10-4-6-22(7-5-10)11-2-3-14-12(8-11)15(17(18,19)20)13(9-21-14)16(23)24/h2-3,8-10H,4-7H2,1H3,(H,23,24). The van der Waals surface area contributed by atoms with Crippen LogP contribution in [0.15, 0.2) is 24.4 Å². The first kappa shape index (κ1) is 16.5. The van der Waals surface area contributed by atoms with E-state index in [4.69, 9.17) is 5.11 Å². The largest absolute Gasteiger partial charge is 0.478 e. The molecule has 1 aliphatic heterocycles. The van der Waals surface area contributed by atoms with Crippen molar-refractivity contribution >= 4 is 22.6 Å². The molecule has 1 fully saturated rings. The number of aromatic nitrogens is 1. The van der Waals surface area contributed by atoms with Gasteiger partial charge in [-0.25, -0.2) is 4.79 Å². The number of carboxylic acid groups (broad SMARTS) is 1. The fourth-order valence-corrected chi connectivity index (χ4v) is 3.11. The summed E-state index contributed by atoms with van der Waals surface area (Å²) in [4.78, 5) is 17.1. The van der Waals surface area contributed by atoms with Crippen molar-refractivity contribution in [1.29, 1.82) is 0 Å². The first-order valence-electron chi connectivity index (χ1n) is 7.75. The Kier molecular flexibility index (Phi) is 4.11. The average Bonchev–Trinajstić information content (AvgIpc) is 2.52. The Morgan fingerprint density at radius 2 is 1.96 bits per heavy atom. The number of aromatic carboxylic acids is 1. The Balaban J connectivity index is 2.15. The van der Waals surface area contributed by atoms with Gasteiger partial charge < -0.3 is 10.0 Å². The molecule has 1 aromatic carbocycles. The number of carboxylic acids is 1. The summed E-state index contributed by atoms with van der Waals surface area (Å²) < 4.78 is 40.4. The molecule has 3 rings (SSSR count). The molecule has 1 aromatic heterocycles. The number of halogens is 3. The van der Waals surface area contributed by atoms with Crippen LogP contribution in [0.2, 0.25) is 0 Å². The first-order chi connectivity index (χ1) is 11.3. The number of carbonyl (C=O) groups is 1. The van der Waals surface area contributed by atoms with Crippen LogP contribution < -0.4 is 4.90 Å². The quantitative estimate of drug-likeness (QED) is 0.892. The molecule has 7 heteroatoms. The van der Waals surface area contributed by atoms with Crippen molar-refractivity contribution < 1.29 is 23.1 Å². The zero-order valence-electron chi connectivity index (χ0n) is 13.1. The summed E-state index contributed by atoms with van der Waals surface area (Å²) in [5, 5.41) is 8.92. The highest BCUT2D eigenvalue weighted by Crippen LogP contribution is 2.38. The topological polar surface area (TPSA) is 53.4 Å². The third kappa shape index (κ3) is 3.02. The van der Waals surface area contributed by atoms with Gasteiger partial charge in [-0.1, -0.05) is 6.92 Å². The minimum atomic E-state index is -4.76. The van der Waals surface area contributed by atoms with Gasteiger partial charge in [0.05, 0.1) is 16.6 Å². The molecule has 0 radical (unpaired) electrons. The third-order valence-electron chi connectivity index (χ3n) is 4.51. The molecular weight excluding hydrogens is 321 g/mol. The first-order valence-corrected chi connectivity index (χ1v) is 7.75.